The number of benzene rings is 2. The number of ether oxygens (including phenoxy) is 1. The molecule has 1 heterocycles. The Hall–Kier alpha value is -3.01. The number of pyridine rings is 1. The van der Waals surface area contributed by atoms with E-state index in [0.717, 1.165) is 36.0 Å². The normalized spacial score (nSPS) is 19.2. The third kappa shape index (κ3) is 4.51. The molecule has 0 bridgehead atoms. The van der Waals surface area contributed by atoms with Crippen LogP contribution in [-0.2, 0) is 17.6 Å². The van der Waals surface area contributed by atoms with Gasteiger partial charge in [0.1, 0.15) is 11.6 Å². The number of fused-ring (bicyclic) bond motifs is 1. The van der Waals surface area contributed by atoms with Crippen molar-refractivity contribution in [3.8, 4) is 17.0 Å². The fourth-order valence-corrected chi connectivity index (χ4v) is 5.67. The van der Waals surface area contributed by atoms with Crippen LogP contribution < -0.4 is 4.74 Å². The van der Waals surface area contributed by atoms with Crippen LogP contribution in [0.25, 0.3) is 11.1 Å². The monoisotopic (exact) mass is 457 g/mol. The number of ketones is 1. The maximum atomic E-state index is 15.3. The number of hydrogen-bond donors (Lipinski definition) is 0. The van der Waals surface area contributed by atoms with E-state index in [0.29, 0.717) is 17.7 Å². The summed E-state index contributed by atoms with van der Waals surface area (Å²) in [5.74, 6) is 1.76. The van der Waals surface area contributed by atoms with Crippen LogP contribution in [0.4, 0.5) is 4.39 Å². The lowest BCUT2D eigenvalue weighted by Crippen LogP contribution is -2.20. The fraction of sp³-hybridized carbons (Fsp3) is 0.400. The van der Waals surface area contributed by atoms with Gasteiger partial charge in [-0.1, -0.05) is 37.3 Å². The molecule has 0 saturated heterocycles. The predicted octanol–water partition coefficient (Wildman–Crippen LogP) is 6.89. The van der Waals surface area contributed by atoms with Crippen LogP contribution in [0, 0.1) is 17.7 Å². The first-order valence-corrected chi connectivity index (χ1v) is 12.4. The van der Waals surface area contributed by atoms with Gasteiger partial charge in [0, 0.05) is 18.2 Å². The number of aryl methyl sites for hydroxylation is 1. The predicted molar refractivity (Wildman–Crippen MR) is 133 cm³/mol. The molecule has 34 heavy (non-hydrogen) atoms. The first-order valence-electron chi connectivity index (χ1n) is 12.4. The summed E-state index contributed by atoms with van der Waals surface area (Å²) in [6.07, 6.45) is 6.85. The van der Waals surface area contributed by atoms with Gasteiger partial charge < -0.3 is 4.74 Å². The first-order chi connectivity index (χ1) is 16.4. The summed E-state index contributed by atoms with van der Waals surface area (Å²) in [6.45, 7) is 3.78. The Kier molecular flexibility index (Phi) is 6.24. The molecule has 2 aliphatic rings. The Morgan fingerprint density at radius 1 is 1.03 bits per heavy atom. The average molecular weight is 458 g/mol. The SMILES string of the molecule is COc1cc(-c2ccc(C3CCc4ccc(C(C5CC5)C(C)C(C)=O)cc4C3)c(F)c2)ccn1. The second-order valence-corrected chi connectivity index (χ2v) is 10.1. The van der Waals surface area contributed by atoms with E-state index >= 15 is 4.39 Å². The summed E-state index contributed by atoms with van der Waals surface area (Å²) in [7, 11) is 1.58. The number of carbonyl (C=O) groups is 1. The molecule has 176 valence electrons. The third-order valence-electron chi connectivity index (χ3n) is 7.87. The molecule has 0 amide bonds. The maximum Gasteiger partial charge on any atom is 0.213 e. The molecule has 0 radical (unpaired) electrons. The minimum absolute atomic E-state index is 0.0433. The Morgan fingerprint density at radius 3 is 2.53 bits per heavy atom. The van der Waals surface area contributed by atoms with Crippen molar-refractivity contribution in [3.05, 3.63) is 82.8 Å². The van der Waals surface area contributed by atoms with E-state index in [-0.39, 0.29) is 23.4 Å². The molecular formula is C30H32FNO2. The van der Waals surface area contributed by atoms with E-state index in [1.165, 1.54) is 29.5 Å². The van der Waals surface area contributed by atoms with E-state index in [9.17, 15) is 4.79 Å². The van der Waals surface area contributed by atoms with Crippen LogP contribution in [-0.4, -0.2) is 17.9 Å². The van der Waals surface area contributed by atoms with Gasteiger partial charge in [-0.25, -0.2) is 9.37 Å². The van der Waals surface area contributed by atoms with Crippen LogP contribution in [0.2, 0.25) is 0 Å². The van der Waals surface area contributed by atoms with Gasteiger partial charge in [-0.15, -0.1) is 0 Å². The van der Waals surface area contributed by atoms with Crippen molar-refractivity contribution in [2.75, 3.05) is 7.11 Å². The van der Waals surface area contributed by atoms with Gasteiger partial charge in [0.05, 0.1) is 7.11 Å². The van der Waals surface area contributed by atoms with E-state index in [1.54, 1.807) is 26.3 Å². The molecule has 1 aromatic heterocycles. The van der Waals surface area contributed by atoms with Crippen LogP contribution in [0.3, 0.4) is 0 Å². The first kappa shape index (κ1) is 22.8. The van der Waals surface area contributed by atoms with Crippen molar-refractivity contribution in [1.82, 2.24) is 4.98 Å². The molecule has 1 fully saturated rings. The summed E-state index contributed by atoms with van der Waals surface area (Å²) in [5.41, 5.74) is 6.47. The highest BCUT2D eigenvalue weighted by Gasteiger charge is 2.38. The smallest absolute Gasteiger partial charge is 0.213 e. The van der Waals surface area contributed by atoms with Gasteiger partial charge in [-0.2, -0.15) is 0 Å². The number of Topliss-reactive ketones (excluding diaryl/α,β-unsaturated/α-hetero) is 1. The number of carbonyl (C=O) groups excluding carboxylic acids is 1. The molecule has 2 aromatic carbocycles. The maximum absolute atomic E-state index is 15.3. The van der Waals surface area contributed by atoms with Crippen LogP contribution in [0.15, 0.2) is 54.7 Å². The molecule has 3 aromatic rings. The summed E-state index contributed by atoms with van der Waals surface area (Å²) in [4.78, 5) is 16.3. The lowest BCUT2D eigenvalue weighted by molar-refractivity contribution is -0.121. The van der Waals surface area contributed by atoms with Crippen molar-refractivity contribution >= 4 is 5.78 Å². The van der Waals surface area contributed by atoms with Crippen LogP contribution in [0.5, 0.6) is 5.88 Å². The minimum Gasteiger partial charge on any atom is -0.481 e. The molecule has 0 N–H and O–H groups in total. The van der Waals surface area contributed by atoms with Gasteiger partial charge >= 0.3 is 0 Å². The highest BCUT2D eigenvalue weighted by Crippen LogP contribution is 2.48. The second kappa shape index (κ2) is 9.32. The van der Waals surface area contributed by atoms with Gasteiger partial charge in [0.2, 0.25) is 5.88 Å². The standard InChI is InChI=1S/C30H32FNO2/c1-18(19(2)33)30(21-6-7-21)25-9-5-20-4-8-24(14-26(20)15-25)27-11-10-22(16-28(27)31)23-12-13-32-29(17-23)34-3/h5,9-13,15-18,21,24,30H,4,6-8,14H2,1-3H3. The number of aromatic nitrogens is 1. The summed E-state index contributed by atoms with van der Waals surface area (Å²) in [6, 6.07) is 16.1. The molecule has 0 spiro atoms. The zero-order valence-corrected chi connectivity index (χ0v) is 20.2. The number of halogens is 1. The number of nitrogens with zero attached hydrogens (tertiary/aromatic N) is 1. The van der Waals surface area contributed by atoms with E-state index < -0.39 is 0 Å². The van der Waals surface area contributed by atoms with Crippen molar-refractivity contribution in [3.63, 3.8) is 0 Å². The lowest BCUT2D eigenvalue weighted by Gasteiger charge is -2.28. The molecule has 1 saturated carbocycles. The third-order valence-corrected chi connectivity index (χ3v) is 7.87. The fourth-order valence-electron chi connectivity index (χ4n) is 5.67. The van der Waals surface area contributed by atoms with Crippen LogP contribution in [0.1, 0.15) is 67.2 Å². The van der Waals surface area contributed by atoms with Crippen molar-refractivity contribution in [2.45, 2.75) is 57.8 Å². The molecule has 2 aliphatic carbocycles. The zero-order valence-electron chi connectivity index (χ0n) is 20.2. The number of methoxy groups -OCH3 is 1. The second-order valence-electron chi connectivity index (χ2n) is 10.1. The molecule has 0 aliphatic heterocycles. The number of rotatable bonds is 7. The topological polar surface area (TPSA) is 39.2 Å². The van der Waals surface area contributed by atoms with Crippen molar-refractivity contribution in [2.24, 2.45) is 11.8 Å². The molecule has 4 heteroatoms. The Labute approximate surface area is 201 Å². The van der Waals surface area contributed by atoms with Gasteiger partial charge in [0.15, 0.2) is 0 Å². The van der Waals surface area contributed by atoms with Gasteiger partial charge in [-0.05, 0) is 102 Å². The molecule has 3 unspecified atom stereocenters. The highest BCUT2D eigenvalue weighted by molar-refractivity contribution is 5.79. The minimum atomic E-state index is -0.154. The number of hydrogen-bond acceptors (Lipinski definition) is 3. The highest BCUT2D eigenvalue weighted by atomic mass is 19.1. The molecule has 5 rings (SSSR count). The summed E-state index contributed by atoms with van der Waals surface area (Å²) < 4.78 is 20.5. The lowest BCUT2D eigenvalue weighted by atomic mass is 9.76. The quantitative estimate of drug-likeness (QED) is 0.388. The van der Waals surface area contributed by atoms with E-state index in [2.05, 4.69) is 30.1 Å². The Bertz CT molecular complexity index is 1220. The largest absolute Gasteiger partial charge is 0.481 e. The Balaban J connectivity index is 1.40. The molecular weight excluding hydrogens is 425 g/mol. The van der Waals surface area contributed by atoms with Gasteiger partial charge in [0.25, 0.3) is 0 Å². The van der Waals surface area contributed by atoms with Crippen LogP contribution >= 0.6 is 0 Å². The summed E-state index contributed by atoms with van der Waals surface area (Å²) in [5, 5.41) is 0. The molecule has 3 nitrogen and oxygen atoms in total. The van der Waals surface area contributed by atoms with Crippen molar-refractivity contribution in [1.29, 1.82) is 0 Å². The molecule has 3 atom stereocenters. The van der Waals surface area contributed by atoms with Crippen molar-refractivity contribution < 1.29 is 13.9 Å². The summed E-state index contributed by atoms with van der Waals surface area (Å²) >= 11 is 0. The van der Waals surface area contributed by atoms with E-state index in [1.807, 2.05) is 24.3 Å². The van der Waals surface area contributed by atoms with Gasteiger partial charge in [-0.3, -0.25) is 4.79 Å². The van der Waals surface area contributed by atoms with E-state index in [4.69, 9.17) is 4.74 Å². The zero-order chi connectivity index (χ0) is 23.8. The Morgan fingerprint density at radius 2 is 1.82 bits per heavy atom. The average Bonchev–Trinajstić information content (AvgIpc) is 3.68.